The van der Waals surface area contributed by atoms with Gasteiger partial charge >= 0.3 is 0 Å². The summed E-state index contributed by atoms with van der Waals surface area (Å²) in [5.74, 6) is 0.173. The third-order valence-corrected chi connectivity index (χ3v) is 4.43. The summed E-state index contributed by atoms with van der Waals surface area (Å²) in [5.41, 5.74) is 3.21. The van der Waals surface area contributed by atoms with Crippen molar-refractivity contribution in [1.29, 1.82) is 5.26 Å². The van der Waals surface area contributed by atoms with Gasteiger partial charge in [0.1, 0.15) is 0 Å². The molecule has 0 saturated heterocycles. The topological polar surface area (TPSA) is 104 Å². The zero-order chi connectivity index (χ0) is 20.1. The van der Waals surface area contributed by atoms with Crippen LogP contribution >= 0.6 is 0 Å². The molecular weight excluding hydrogens is 354 g/mol. The van der Waals surface area contributed by atoms with Crippen LogP contribution in [0.5, 0.6) is 5.88 Å². The van der Waals surface area contributed by atoms with Crippen molar-refractivity contribution in [2.75, 3.05) is 6.54 Å². The van der Waals surface area contributed by atoms with Gasteiger partial charge in [-0.15, -0.1) is 0 Å². The van der Waals surface area contributed by atoms with Crippen molar-refractivity contribution in [1.82, 2.24) is 20.1 Å². The number of nitrogens with zero attached hydrogens (tertiary/aromatic N) is 4. The Bertz CT molecular complexity index is 1030. The zero-order valence-corrected chi connectivity index (χ0v) is 15.8. The third-order valence-electron chi connectivity index (χ3n) is 4.43. The standard InChI is InChI=1S/C21H21N5O2/c1-3-4-9-23-20(27)16-6-8-19(24-12-16)26-21(28)18(13-25-26)17-7-5-15(11-22)10-14(17)2/h5-8,10,12-13,28H,3-4,9H2,1-2H3,(H,23,27). The van der Waals surface area contributed by atoms with Gasteiger partial charge in [0.15, 0.2) is 5.82 Å². The van der Waals surface area contributed by atoms with Crippen molar-refractivity contribution in [3.05, 3.63) is 59.4 Å². The van der Waals surface area contributed by atoms with Gasteiger partial charge in [-0.25, -0.2) is 4.98 Å². The normalized spacial score (nSPS) is 10.5. The highest BCUT2D eigenvalue weighted by Crippen LogP contribution is 2.32. The first kappa shape index (κ1) is 19.1. The van der Waals surface area contributed by atoms with Crippen LogP contribution in [0.4, 0.5) is 0 Å². The summed E-state index contributed by atoms with van der Waals surface area (Å²) in [4.78, 5) is 16.3. The third kappa shape index (κ3) is 3.86. The van der Waals surface area contributed by atoms with E-state index in [1.807, 2.05) is 6.92 Å². The minimum Gasteiger partial charge on any atom is -0.493 e. The molecule has 0 spiro atoms. The minimum atomic E-state index is -0.175. The van der Waals surface area contributed by atoms with Crippen LogP contribution in [-0.4, -0.2) is 32.3 Å². The highest BCUT2D eigenvalue weighted by Gasteiger charge is 2.16. The summed E-state index contributed by atoms with van der Waals surface area (Å²) >= 11 is 0. The Hall–Kier alpha value is -3.66. The van der Waals surface area contributed by atoms with E-state index in [0.29, 0.717) is 29.1 Å². The maximum absolute atomic E-state index is 12.1. The second-order valence-electron chi connectivity index (χ2n) is 6.45. The number of rotatable bonds is 6. The molecule has 2 heterocycles. The molecule has 0 fully saturated rings. The molecule has 0 unspecified atom stereocenters. The molecule has 2 aromatic heterocycles. The Labute approximate surface area is 163 Å². The summed E-state index contributed by atoms with van der Waals surface area (Å²) in [7, 11) is 0. The van der Waals surface area contributed by atoms with E-state index in [4.69, 9.17) is 5.26 Å². The molecule has 1 aromatic carbocycles. The number of aromatic nitrogens is 3. The van der Waals surface area contributed by atoms with Gasteiger partial charge in [-0.05, 0) is 48.7 Å². The first-order valence-electron chi connectivity index (χ1n) is 9.08. The summed E-state index contributed by atoms with van der Waals surface area (Å²) in [6.07, 6.45) is 4.95. The van der Waals surface area contributed by atoms with Crippen LogP contribution < -0.4 is 5.32 Å². The van der Waals surface area contributed by atoms with Crippen LogP contribution in [0, 0.1) is 18.3 Å². The molecule has 0 aliphatic rings. The predicted octanol–water partition coefficient (Wildman–Crippen LogP) is 3.35. The van der Waals surface area contributed by atoms with Gasteiger partial charge in [-0.1, -0.05) is 19.4 Å². The van der Waals surface area contributed by atoms with Gasteiger partial charge in [-0.2, -0.15) is 15.0 Å². The van der Waals surface area contributed by atoms with Gasteiger partial charge in [0.25, 0.3) is 5.91 Å². The van der Waals surface area contributed by atoms with E-state index in [-0.39, 0.29) is 11.8 Å². The molecule has 0 saturated carbocycles. The summed E-state index contributed by atoms with van der Waals surface area (Å²) < 4.78 is 1.31. The molecule has 0 atom stereocenters. The number of hydrogen-bond donors (Lipinski definition) is 2. The highest BCUT2D eigenvalue weighted by molar-refractivity contribution is 5.93. The van der Waals surface area contributed by atoms with Crippen LogP contribution in [0.15, 0.2) is 42.7 Å². The number of aryl methyl sites for hydroxylation is 1. The molecule has 142 valence electrons. The highest BCUT2D eigenvalue weighted by atomic mass is 16.3. The van der Waals surface area contributed by atoms with Gasteiger partial charge in [0.05, 0.1) is 29.0 Å². The predicted molar refractivity (Wildman–Crippen MR) is 105 cm³/mol. The molecule has 28 heavy (non-hydrogen) atoms. The second-order valence-corrected chi connectivity index (χ2v) is 6.45. The minimum absolute atomic E-state index is 0.0551. The molecular formula is C21H21N5O2. The van der Waals surface area contributed by atoms with Crippen molar-refractivity contribution in [3.8, 4) is 28.9 Å². The molecule has 0 aliphatic carbocycles. The Morgan fingerprint density at radius 1 is 1.25 bits per heavy atom. The molecule has 3 rings (SSSR count). The number of nitriles is 1. The van der Waals surface area contributed by atoms with Crippen molar-refractivity contribution < 1.29 is 9.90 Å². The number of amides is 1. The Balaban J connectivity index is 1.84. The van der Waals surface area contributed by atoms with E-state index in [0.717, 1.165) is 24.0 Å². The van der Waals surface area contributed by atoms with Crippen molar-refractivity contribution in [2.45, 2.75) is 26.7 Å². The van der Waals surface area contributed by atoms with Crippen molar-refractivity contribution in [2.24, 2.45) is 0 Å². The lowest BCUT2D eigenvalue weighted by molar-refractivity contribution is 0.0953. The quantitative estimate of drug-likeness (QED) is 0.643. The number of aromatic hydroxyl groups is 1. The fourth-order valence-corrected chi connectivity index (χ4v) is 2.86. The lowest BCUT2D eigenvalue weighted by atomic mass is 10.0. The number of unbranched alkanes of at least 4 members (excludes halogenated alkanes) is 1. The van der Waals surface area contributed by atoms with Crippen molar-refractivity contribution >= 4 is 5.91 Å². The number of carbonyl (C=O) groups excluding carboxylic acids is 1. The first-order chi connectivity index (χ1) is 13.5. The van der Waals surface area contributed by atoms with E-state index < -0.39 is 0 Å². The van der Waals surface area contributed by atoms with Gasteiger partial charge in [0.2, 0.25) is 5.88 Å². The monoisotopic (exact) mass is 375 g/mol. The maximum atomic E-state index is 12.1. The molecule has 0 radical (unpaired) electrons. The summed E-state index contributed by atoms with van der Waals surface area (Å²) in [5, 5.41) is 26.7. The SMILES string of the molecule is CCCCNC(=O)c1ccc(-n2ncc(-c3ccc(C#N)cc3C)c2O)nc1. The van der Waals surface area contributed by atoms with Crippen LogP contribution in [0.2, 0.25) is 0 Å². The van der Waals surface area contributed by atoms with Gasteiger partial charge in [0, 0.05) is 12.7 Å². The lowest BCUT2D eigenvalue weighted by Crippen LogP contribution is -2.24. The number of benzene rings is 1. The average Bonchev–Trinajstić information content (AvgIpc) is 3.09. The smallest absolute Gasteiger partial charge is 0.252 e. The van der Waals surface area contributed by atoms with Gasteiger partial charge in [-0.3, -0.25) is 4.79 Å². The number of nitrogens with one attached hydrogen (secondary N) is 1. The van der Waals surface area contributed by atoms with Gasteiger partial charge < -0.3 is 10.4 Å². The summed E-state index contributed by atoms with van der Waals surface area (Å²) in [6.45, 7) is 4.56. The van der Waals surface area contributed by atoms with Crippen LogP contribution in [0.3, 0.4) is 0 Å². The van der Waals surface area contributed by atoms with E-state index >= 15 is 0 Å². The van der Waals surface area contributed by atoms with E-state index in [1.54, 1.807) is 36.5 Å². The molecule has 7 nitrogen and oxygen atoms in total. The summed E-state index contributed by atoms with van der Waals surface area (Å²) in [6, 6.07) is 10.6. The Morgan fingerprint density at radius 3 is 2.71 bits per heavy atom. The van der Waals surface area contributed by atoms with E-state index in [9.17, 15) is 9.90 Å². The number of hydrogen-bond acceptors (Lipinski definition) is 5. The molecule has 2 N–H and O–H groups in total. The fourth-order valence-electron chi connectivity index (χ4n) is 2.86. The molecule has 1 amide bonds. The number of pyridine rings is 1. The maximum Gasteiger partial charge on any atom is 0.252 e. The zero-order valence-electron chi connectivity index (χ0n) is 15.8. The fraction of sp³-hybridized carbons (Fsp3) is 0.238. The number of carbonyl (C=O) groups is 1. The molecule has 0 aliphatic heterocycles. The lowest BCUT2D eigenvalue weighted by Gasteiger charge is -2.07. The van der Waals surface area contributed by atoms with Crippen molar-refractivity contribution in [3.63, 3.8) is 0 Å². The Morgan fingerprint density at radius 2 is 2.07 bits per heavy atom. The molecule has 3 aromatic rings. The largest absolute Gasteiger partial charge is 0.493 e. The van der Waals surface area contributed by atoms with Crippen LogP contribution in [0.25, 0.3) is 16.9 Å². The molecule has 7 heteroatoms. The van der Waals surface area contributed by atoms with E-state index in [2.05, 4.69) is 28.4 Å². The second kappa shape index (κ2) is 8.35. The van der Waals surface area contributed by atoms with Crippen LogP contribution in [0.1, 0.15) is 41.3 Å². The van der Waals surface area contributed by atoms with E-state index in [1.165, 1.54) is 10.9 Å². The first-order valence-corrected chi connectivity index (χ1v) is 9.08. The Kier molecular flexibility index (Phi) is 5.70. The molecule has 0 bridgehead atoms. The average molecular weight is 375 g/mol. The van der Waals surface area contributed by atoms with Crippen LogP contribution in [-0.2, 0) is 0 Å².